The number of aldehydes is 1. The van der Waals surface area contributed by atoms with E-state index in [4.69, 9.17) is 0 Å². The highest BCUT2D eigenvalue weighted by molar-refractivity contribution is 5.85. The summed E-state index contributed by atoms with van der Waals surface area (Å²) in [4.78, 5) is 24.4. The Kier molecular flexibility index (Phi) is 4.11. The molecule has 0 aliphatic carbocycles. The van der Waals surface area contributed by atoms with E-state index in [9.17, 15) is 9.59 Å². The summed E-state index contributed by atoms with van der Waals surface area (Å²) in [5.74, 6) is 0.0618. The third-order valence-electron chi connectivity index (χ3n) is 2.97. The lowest BCUT2D eigenvalue weighted by atomic mass is 9.95. The van der Waals surface area contributed by atoms with E-state index in [-0.39, 0.29) is 17.7 Å². The summed E-state index contributed by atoms with van der Waals surface area (Å²) in [6.07, 6.45) is 3.85. The summed E-state index contributed by atoms with van der Waals surface area (Å²) in [6, 6.07) is 0. The van der Waals surface area contributed by atoms with Crippen LogP contribution in [0.15, 0.2) is 0 Å². The molecule has 3 nitrogen and oxygen atoms in total. The zero-order valence-electron chi connectivity index (χ0n) is 9.03. The summed E-state index contributed by atoms with van der Waals surface area (Å²) < 4.78 is 0. The molecule has 1 aliphatic rings. The monoisotopic (exact) mass is 197 g/mol. The Labute approximate surface area is 85.5 Å². The lowest BCUT2D eigenvalue weighted by Crippen LogP contribution is -2.28. The molecule has 80 valence electrons. The first-order chi connectivity index (χ1) is 6.74. The van der Waals surface area contributed by atoms with E-state index in [1.54, 1.807) is 0 Å². The Balaban J connectivity index is 2.56. The van der Waals surface area contributed by atoms with Crippen LogP contribution in [0.3, 0.4) is 0 Å². The summed E-state index contributed by atoms with van der Waals surface area (Å²) in [5.41, 5.74) is 0. The van der Waals surface area contributed by atoms with E-state index in [0.717, 1.165) is 32.1 Å². The van der Waals surface area contributed by atoms with Gasteiger partial charge in [0.1, 0.15) is 6.29 Å². The van der Waals surface area contributed by atoms with Crippen molar-refractivity contribution >= 4 is 12.2 Å². The van der Waals surface area contributed by atoms with Crippen molar-refractivity contribution in [2.24, 2.45) is 11.8 Å². The smallest absolute Gasteiger partial charge is 0.226 e. The van der Waals surface area contributed by atoms with Crippen molar-refractivity contribution in [3.05, 3.63) is 0 Å². The first kappa shape index (κ1) is 11.2. The number of carbonyl (C=O) groups is 2. The number of amides is 1. The molecule has 0 N–H and O–H groups in total. The molecular formula is C11H19NO2. The second-order valence-corrected chi connectivity index (χ2v) is 3.95. The summed E-state index contributed by atoms with van der Waals surface area (Å²) in [7, 11) is 0. The SMILES string of the molecule is CCCCN1CC(C=O)C(CC)C1=O. The molecule has 0 bridgehead atoms. The van der Waals surface area contributed by atoms with Crippen molar-refractivity contribution in [1.82, 2.24) is 4.90 Å². The minimum Gasteiger partial charge on any atom is -0.342 e. The van der Waals surface area contributed by atoms with Gasteiger partial charge in [0, 0.05) is 24.9 Å². The molecule has 0 aromatic heterocycles. The van der Waals surface area contributed by atoms with Gasteiger partial charge in [-0.3, -0.25) is 4.79 Å². The van der Waals surface area contributed by atoms with E-state index in [2.05, 4.69) is 6.92 Å². The predicted molar refractivity (Wildman–Crippen MR) is 54.8 cm³/mol. The Hall–Kier alpha value is -0.860. The van der Waals surface area contributed by atoms with Gasteiger partial charge in [0.15, 0.2) is 0 Å². The molecule has 3 heteroatoms. The van der Waals surface area contributed by atoms with Crippen molar-refractivity contribution in [3.63, 3.8) is 0 Å². The number of nitrogens with zero attached hydrogens (tertiary/aromatic N) is 1. The molecule has 0 aromatic carbocycles. The van der Waals surface area contributed by atoms with Gasteiger partial charge < -0.3 is 9.69 Å². The number of likely N-dealkylation sites (tertiary alicyclic amines) is 1. The van der Waals surface area contributed by atoms with Crippen LogP contribution in [0.25, 0.3) is 0 Å². The number of hydrogen-bond acceptors (Lipinski definition) is 2. The van der Waals surface area contributed by atoms with Crippen molar-refractivity contribution in [1.29, 1.82) is 0 Å². The Morgan fingerprint density at radius 1 is 1.50 bits per heavy atom. The van der Waals surface area contributed by atoms with Crippen LogP contribution in [0.2, 0.25) is 0 Å². The highest BCUT2D eigenvalue weighted by atomic mass is 16.2. The summed E-state index contributed by atoms with van der Waals surface area (Å²) in [6.45, 7) is 5.54. The van der Waals surface area contributed by atoms with E-state index in [1.165, 1.54) is 0 Å². The molecule has 1 aliphatic heterocycles. The average molecular weight is 197 g/mol. The second-order valence-electron chi connectivity index (χ2n) is 3.95. The molecule has 1 heterocycles. The van der Waals surface area contributed by atoms with Gasteiger partial charge in [-0.2, -0.15) is 0 Å². The largest absolute Gasteiger partial charge is 0.342 e. The first-order valence-electron chi connectivity index (χ1n) is 5.48. The third-order valence-corrected chi connectivity index (χ3v) is 2.97. The van der Waals surface area contributed by atoms with E-state index in [0.29, 0.717) is 6.54 Å². The maximum absolute atomic E-state index is 11.8. The lowest BCUT2D eigenvalue weighted by molar-refractivity contribution is -0.131. The van der Waals surface area contributed by atoms with E-state index >= 15 is 0 Å². The van der Waals surface area contributed by atoms with Gasteiger partial charge in [0.25, 0.3) is 0 Å². The maximum atomic E-state index is 11.8. The lowest BCUT2D eigenvalue weighted by Gasteiger charge is -2.15. The van der Waals surface area contributed by atoms with Crippen LogP contribution in [-0.4, -0.2) is 30.2 Å². The first-order valence-corrected chi connectivity index (χ1v) is 5.48. The normalized spacial score (nSPS) is 27.0. The molecule has 0 saturated carbocycles. The van der Waals surface area contributed by atoms with Crippen molar-refractivity contribution < 1.29 is 9.59 Å². The summed E-state index contributed by atoms with van der Waals surface area (Å²) >= 11 is 0. The molecule has 1 amide bonds. The molecule has 0 radical (unpaired) electrons. The maximum Gasteiger partial charge on any atom is 0.226 e. The quantitative estimate of drug-likeness (QED) is 0.626. The van der Waals surface area contributed by atoms with Gasteiger partial charge in [0.05, 0.1) is 0 Å². The van der Waals surface area contributed by atoms with Crippen molar-refractivity contribution in [2.75, 3.05) is 13.1 Å². The van der Waals surface area contributed by atoms with Crippen LogP contribution in [0.4, 0.5) is 0 Å². The van der Waals surface area contributed by atoms with Crippen LogP contribution in [-0.2, 0) is 9.59 Å². The molecule has 2 atom stereocenters. The van der Waals surface area contributed by atoms with E-state index < -0.39 is 0 Å². The number of carbonyl (C=O) groups excluding carboxylic acids is 2. The van der Waals surface area contributed by atoms with Gasteiger partial charge in [-0.05, 0) is 12.8 Å². The van der Waals surface area contributed by atoms with Gasteiger partial charge >= 0.3 is 0 Å². The van der Waals surface area contributed by atoms with Crippen LogP contribution in [0.5, 0.6) is 0 Å². The van der Waals surface area contributed by atoms with Crippen LogP contribution in [0, 0.1) is 11.8 Å². The molecular weight excluding hydrogens is 178 g/mol. The standard InChI is InChI=1S/C11H19NO2/c1-3-5-6-12-7-9(8-13)10(4-2)11(12)14/h8-10H,3-7H2,1-2H3. The summed E-state index contributed by atoms with van der Waals surface area (Å²) in [5, 5.41) is 0. The molecule has 1 fully saturated rings. The van der Waals surface area contributed by atoms with Crippen molar-refractivity contribution in [3.8, 4) is 0 Å². The molecule has 1 rings (SSSR count). The second kappa shape index (κ2) is 5.13. The molecule has 14 heavy (non-hydrogen) atoms. The van der Waals surface area contributed by atoms with E-state index in [1.807, 2.05) is 11.8 Å². The van der Waals surface area contributed by atoms with Gasteiger partial charge in [0.2, 0.25) is 5.91 Å². The van der Waals surface area contributed by atoms with Crippen molar-refractivity contribution in [2.45, 2.75) is 33.1 Å². The third kappa shape index (κ3) is 2.14. The van der Waals surface area contributed by atoms with Crippen LogP contribution < -0.4 is 0 Å². The van der Waals surface area contributed by atoms with Crippen LogP contribution >= 0.6 is 0 Å². The predicted octanol–water partition coefficient (Wildman–Crippen LogP) is 1.47. The Morgan fingerprint density at radius 2 is 2.21 bits per heavy atom. The average Bonchev–Trinajstić information content (AvgIpc) is 2.51. The molecule has 0 spiro atoms. The topological polar surface area (TPSA) is 37.4 Å². The highest BCUT2D eigenvalue weighted by Crippen LogP contribution is 2.26. The van der Waals surface area contributed by atoms with Gasteiger partial charge in [-0.15, -0.1) is 0 Å². The Morgan fingerprint density at radius 3 is 2.64 bits per heavy atom. The fourth-order valence-electron chi connectivity index (χ4n) is 2.06. The number of hydrogen-bond donors (Lipinski definition) is 0. The Bertz CT molecular complexity index is 215. The fourth-order valence-corrected chi connectivity index (χ4v) is 2.06. The van der Waals surface area contributed by atoms with Crippen LogP contribution in [0.1, 0.15) is 33.1 Å². The molecule has 2 unspecified atom stereocenters. The highest BCUT2D eigenvalue weighted by Gasteiger charge is 2.38. The van der Waals surface area contributed by atoms with Gasteiger partial charge in [-0.1, -0.05) is 20.3 Å². The zero-order valence-corrected chi connectivity index (χ0v) is 9.03. The molecule has 1 saturated heterocycles. The fraction of sp³-hybridized carbons (Fsp3) is 0.818. The molecule has 0 aromatic rings. The minimum atomic E-state index is -0.0654. The number of unbranched alkanes of at least 4 members (excludes halogenated alkanes) is 1. The minimum absolute atomic E-state index is 0.0515. The number of rotatable bonds is 5. The van der Waals surface area contributed by atoms with Gasteiger partial charge in [-0.25, -0.2) is 0 Å². The zero-order chi connectivity index (χ0) is 10.6.